The van der Waals surface area contributed by atoms with Crippen molar-refractivity contribution < 1.29 is 31.1 Å². The molecule has 0 amide bonds. The summed E-state index contributed by atoms with van der Waals surface area (Å²) in [6.45, 7) is 3.91. The smallest absolute Gasteiger partial charge is 0.369 e. The number of hydrogen-bond acceptors (Lipinski definition) is 5. The van der Waals surface area contributed by atoms with Gasteiger partial charge in [0, 0.05) is 56.8 Å². The van der Waals surface area contributed by atoms with Gasteiger partial charge in [-0.25, -0.2) is 9.97 Å². The van der Waals surface area contributed by atoms with Crippen LogP contribution >= 0.6 is 0 Å². The molecule has 202 valence electrons. The number of anilines is 1. The number of likely N-dealkylation sites (N-methyl/N-ethyl adjacent to an activating group) is 1. The predicted molar refractivity (Wildman–Crippen MR) is 130 cm³/mol. The van der Waals surface area contributed by atoms with E-state index in [1.807, 2.05) is 12.1 Å². The molecule has 1 aliphatic heterocycles. The van der Waals surface area contributed by atoms with E-state index in [0.717, 1.165) is 37.4 Å². The van der Waals surface area contributed by atoms with Gasteiger partial charge in [0.25, 0.3) is 0 Å². The Balaban J connectivity index is 1.41. The van der Waals surface area contributed by atoms with Crippen molar-refractivity contribution in [2.75, 3.05) is 38.1 Å². The van der Waals surface area contributed by atoms with Gasteiger partial charge in [0.2, 0.25) is 0 Å². The Bertz CT molecular complexity index is 1230. The molecule has 0 spiro atoms. The highest BCUT2D eigenvalue weighted by atomic mass is 19.4. The highest BCUT2D eigenvalue weighted by Crippen LogP contribution is 2.36. The molecule has 1 aromatic heterocycles. The zero-order chi connectivity index (χ0) is 27.5. The summed E-state index contributed by atoms with van der Waals surface area (Å²) in [5, 5.41) is 0. The standard InChI is InChI=1S/C27H26F6N4O/c1-36-6-8-37(9-7-36)24-4-2-18(3-5-24)12-22-15-23(35-17-34-22)16-25(38)13-19-10-20(26(28,29)30)14-21(11-19)27(31,32)33/h2-5,10-11,14-15,17H,6-9,12-13,16H2,1H3. The molecule has 0 unspecified atom stereocenters. The summed E-state index contributed by atoms with van der Waals surface area (Å²) in [4.78, 5) is 25.4. The molecule has 0 aliphatic carbocycles. The minimum Gasteiger partial charge on any atom is -0.369 e. The van der Waals surface area contributed by atoms with E-state index in [4.69, 9.17) is 0 Å². The molecule has 4 rings (SSSR count). The summed E-state index contributed by atoms with van der Waals surface area (Å²) < 4.78 is 78.6. The molecule has 0 saturated carbocycles. The van der Waals surface area contributed by atoms with E-state index in [-0.39, 0.29) is 18.1 Å². The predicted octanol–water partition coefficient (Wildman–Crippen LogP) is 5.21. The van der Waals surface area contributed by atoms with E-state index in [0.29, 0.717) is 29.9 Å². The monoisotopic (exact) mass is 536 g/mol. The maximum absolute atomic E-state index is 13.1. The summed E-state index contributed by atoms with van der Waals surface area (Å²) in [6, 6.07) is 10.9. The first-order chi connectivity index (χ1) is 17.9. The van der Waals surface area contributed by atoms with Gasteiger partial charge in [-0.3, -0.25) is 4.79 Å². The highest BCUT2D eigenvalue weighted by Gasteiger charge is 2.37. The van der Waals surface area contributed by atoms with Crippen LogP contribution in [0.25, 0.3) is 0 Å². The van der Waals surface area contributed by atoms with Crippen LogP contribution in [0, 0.1) is 0 Å². The molecule has 5 nitrogen and oxygen atoms in total. The first-order valence-electron chi connectivity index (χ1n) is 12.0. The number of piperazine rings is 1. The second kappa shape index (κ2) is 11.1. The van der Waals surface area contributed by atoms with Crippen molar-refractivity contribution in [2.24, 2.45) is 0 Å². The first-order valence-corrected chi connectivity index (χ1v) is 12.0. The Hall–Kier alpha value is -3.47. The summed E-state index contributed by atoms with van der Waals surface area (Å²) in [5.41, 5.74) is -0.115. The van der Waals surface area contributed by atoms with Gasteiger partial charge in [-0.05, 0) is 54.6 Å². The van der Waals surface area contributed by atoms with Gasteiger partial charge in [0.15, 0.2) is 0 Å². The Morgan fingerprint density at radius 2 is 1.34 bits per heavy atom. The van der Waals surface area contributed by atoms with Gasteiger partial charge < -0.3 is 9.80 Å². The Morgan fingerprint density at radius 1 is 0.763 bits per heavy atom. The third-order valence-corrected chi connectivity index (χ3v) is 6.40. The van der Waals surface area contributed by atoms with Crippen LogP contribution in [-0.2, 0) is 36.4 Å². The third-order valence-electron chi connectivity index (χ3n) is 6.40. The number of nitrogens with zero attached hydrogens (tertiary/aromatic N) is 4. The lowest BCUT2D eigenvalue weighted by molar-refractivity contribution is -0.143. The van der Waals surface area contributed by atoms with Crippen molar-refractivity contribution in [3.05, 3.63) is 88.5 Å². The van der Waals surface area contributed by atoms with Crippen LogP contribution in [0.4, 0.5) is 32.0 Å². The average Bonchev–Trinajstić information content (AvgIpc) is 2.84. The van der Waals surface area contributed by atoms with Crippen molar-refractivity contribution in [3.63, 3.8) is 0 Å². The summed E-state index contributed by atoms with van der Waals surface area (Å²) in [6.07, 6.45) is -8.99. The zero-order valence-electron chi connectivity index (χ0n) is 20.6. The summed E-state index contributed by atoms with van der Waals surface area (Å²) >= 11 is 0. The number of rotatable bonds is 7. The number of alkyl halides is 6. The van der Waals surface area contributed by atoms with Crippen molar-refractivity contribution in [3.8, 4) is 0 Å². The van der Waals surface area contributed by atoms with E-state index in [2.05, 4.69) is 38.9 Å². The van der Waals surface area contributed by atoms with Crippen LogP contribution in [-0.4, -0.2) is 53.9 Å². The fourth-order valence-electron chi connectivity index (χ4n) is 4.35. The van der Waals surface area contributed by atoms with E-state index in [1.54, 1.807) is 6.07 Å². The highest BCUT2D eigenvalue weighted by molar-refractivity contribution is 5.82. The average molecular weight is 537 g/mol. The fraction of sp³-hybridized carbons (Fsp3) is 0.370. The number of benzene rings is 2. The molecule has 2 heterocycles. The normalized spacial score (nSPS) is 15.1. The number of Topliss-reactive ketones (excluding diaryl/α,β-unsaturated/α-hetero) is 1. The number of hydrogen-bond donors (Lipinski definition) is 0. The second-order valence-corrected chi connectivity index (χ2v) is 9.44. The number of aromatic nitrogens is 2. The van der Waals surface area contributed by atoms with Crippen molar-refractivity contribution in [1.82, 2.24) is 14.9 Å². The fourth-order valence-corrected chi connectivity index (χ4v) is 4.35. The van der Waals surface area contributed by atoms with Crippen LogP contribution < -0.4 is 4.90 Å². The van der Waals surface area contributed by atoms with Crippen molar-refractivity contribution in [1.29, 1.82) is 0 Å². The molecular formula is C27H26F6N4O. The maximum atomic E-state index is 13.1. The molecule has 11 heteroatoms. The van der Waals surface area contributed by atoms with Crippen molar-refractivity contribution in [2.45, 2.75) is 31.6 Å². The molecule has 1 fully saturated rings. The lowest BCUT2D eigenvalue weighted by Crippen LogP contribution is -2.44. The summed E-state index contributed by atoms with van der Waals surface area (Å²) in [5.74, 6) is -0.557. The van der Waals surface area contributed by atoms with Crippen LogP contribution in [0.15, 0.2) is 54.9 Å². The quantitative estimate of drug-likeness (QED) is 0.388. The molecule has 1 aliphatic rings. The SMILES string of the molecule is CN1CCN(c2ccc(Cc3cc(CC(=O)Cc4cc(C(F)(F)F)cc(C(F)(F)F)c4)ncn3)cc2)CC1. The van der Waals surface area contributed by atoms with Gasteiger partial charge in [0.05, 0.1) is 16.8 Å². The Labute approximate surface area is 216 Å². The van der Waals surface area contributed by atoms with Crippen LogP contribution in [0.1, 0.15) is 33.6 Å². The molecule has 0 bridgehead atoms. The molecule has 1 saturated heterocycles. The molecule has 2 aromatic carbocycles. The number of ketones is 1. The number of carbonyl (C=O) groups excluding carboxylic acids is 1. The number of halogens is 6. The Kier molecular flexibility index (Phi) is 8.05. The van der Waals surface area contributed by atoms with Crippen LogP contribution in [0.2, 0.25) is 0 Å². The molecule has 0 radical (unpaired) electrons. The van der Waals surface area contributed by atoms with E-state index >= 15 is 0 Å². The second-order valence-electron chi connectivity index (χ2n) is 9.44. The molecule has 38 heavy (non-hydrogen) atoms. The van der Waals surface area contributed by atoms with Gasteiger partial charge in [-0.2, -0.15) is 26.3 Å². The topological polar surface area (TPSA) is 49.3 Å². The minimum absolute atomic E-state index is 0.0440. The van der Waals surface area contributed by atoms with Gasteiger partial charge in [-0.15, -0.1) is 0 Å². The number of carbonyl (C=O) groups is 1. The van der Waals surface area contributed by atoms with E-state index < -0.39 is 35.7 Å². The van der Waals surface area contributed by atoms with Gasteiger partial charge in [0.1, 0.15) is 12.1 Å². The van der Waals surface area contributed by atoms with Crippen LogP contribution in [0.5, 0.6) is 0 Å². The summed E-state index contributed by atoms with van der Waals surface area (Å²) in [7, 11) is 2.10. The zero-order valence-corrected chi connectivity index (χ0v) is 20.6. The van der Waals surface area contributed by atoms with Gasteiger partial charge >= 0.3 is 12.4 Å². The largest absolute Gasteiger partial charge is 0.416 e. The van der Waals surface area contributed by atoms with Gasteiger partial charge in [-0.1, -0.05) is 12.1 Å². The van der Waals surface area contributed by atoms with Crippen molar-refractivity contribution >= 4 is 11.5 Å². The van der Waals surface area contributed by atoms with E-state index in [9.17, 15) is 31.1 Å². The maximum Gasteiger partial charge on any atom is 0.416 e. The third kappa shape index (κ3) is 7.31. The molecule has 3 aromatic rings. The first kappa shape index (κ1) is 27.6. The van der Waals surface area contributed by atoms with Crippen LogP contribution in [0.3, 0.4) is 0 Å². The molecule has 0 N–H and O–H groups in total. The lowest BCUT2D eigenvalue weighted by atomic mass is 9.99. The minimum atomic E-state index is -4.97. The lowest BCUT2D eigenvalue weighted by Gasteiger charge is -2.34. The molecule has 0 atom stereocenters. The Morgan fingerprint density at radius 3 is 1.92 bits per heavy atom. The molecular weight excluding hydrogens is 510 g/mol. The van der Waals surface area contributed by atoms with E-state index in [1.165, 1.54) is 6.33 Å².